The molecule has 0 saturated heterocycles. The summed E-state index contributed by atoms with van der Waals surface area (Å²) < 4.78 is 0. The van der Waals surface area contributed by atoms with Crippen molar-refractivity contribution in [1.29, 1.82) is 0 Å². The van der Waals surface area contributed by atoms with Gasteiger partial charge in [0.25, 0.3) is 0 Å². The second-order valence-electron chi connectivity index (χ2n) is 1.65. The Morgan fingerprint density at radius 2 is 1.71 bits per heavy atom. The lowest BCUT2D eigenvalue weighted by atomic mass is 10.1. The average Bonchev–Trinajstić information content (AvgIpc) is 1.72. The largest absolute Gasteiger partial charge is 0.0885 e. The fourth-order valence-corrected chi connectivity index (χ4v) is 0.658. The Balaban J connectivity index is 3.38. The zero-order valence-corrected chi connectivity index (χ0v) is 5.49. The molecule has 42 valence electrons. The Labute approximate surface area is 46.2 Å². The summed E-state index contributed by atoms with van der Waals surface area (Å²) in [7, 11) is 0. The van der Waals surface area contributed by atoms with E-state index in [9.17, 15) is 0 Å². The molecule has 0 spiro atoms. The van der Waals surface area contributed by atoms with Crippen molar-refractivity contribution in [1.82, 2.24) is 0 Å². The van der Waals surface area contributed by atoms with Gasteiger partial charge in [0, 0.05) is 0 Å². The maximum Gasteiger partial charge on any atom is -0.0349 e. The number of hydrogen-bond donors (Lipinski definition) is 0. The zero-order valence-electron chi connectivity index (χ0n) is 5.49. The van der Waals surface area contributed by atoms with Crippen molar-refractivity contribution in [3.63, 3.8) is 0 Å². The third-order valence-electron chi connectivity index (χ3n) is 1.32. The molecule has 0 N–H and O–H groups in total. The first-order valence-corrected chi connectivity index (χ1v) is 2.99. The molecule has 7 heavy (non-hydrogen) atoms. The minimum absolute atomic E-state index is 1.22. The van der Waals surface area contributed by atoms with Gasteiger partial charge in [-0.1, -0.05) is 25.5 Å². The molecule has 0 aliphatic carbocycles. The van der Waals surface area contributed by atoms with Crippen LogP contribution >= 0.6 is 0 Å². The van der Waals surface area contributed by atoms with E-state index in [1.165, 1.54) is 12.8 Å². The zero-order chi connectivity index (χ0) is 5.70. The Hall–Kier alpha value is -0.260. The number of allylic oxidation sites excluding steroid dienone is 2. The van der Waals surface area contributed by atoms with E-state index in [0.717, 1.165) is 0 Å². The molecule has 0 aliphatic heterocycles. The van der Waals surface area contributed by atoms with Crippen LogP contribution in [0, 0.1) is 0 Å². The van der Waals surface area contributed by atoms with Crippen LogP contribution in [0.15, 0.2) is 11.6 Å². The highest BCUT2D eigenvalue weighted by Gasteiger charge is 1.82. The molecule has 0 nitrogen and oxygen atoms in total. The molecule has 0 rings (SSSR count). The predicted molar refractivity (Wildman–Crippen MR) is 34.3 cm³/mol. The van der Waals surface area contributed by atoms with E-state index < -0.39 is 0 Å². The lowest BCUT2D eigenvalue weighted by molar-refractivity contribution is 0.972. The summed E-state index contributed by atoms with van der Waals surface area (Å²) >= 11 is 0. The van der Waals surface area contributed by atoms with Gasteiger partial charge in [-0.3, -0.25) is 0 Å². The van der Waals surface area contributed by atoms with Gasteiger partial charge in [0.2, 0.25) is 0 Å². The van der Waals surface area contributed by atoms with Crippen molar-refractivity contribution in [2.75, 3.05) is 0 Å². The molecule has 0 saturated carbocycles. The summed E-state index contributed by atoms with van der Waals surface area (Å²) in [5.74, 6) is 0. The van der Waals surface area contributed by atoms with E-state index in [0.29, 0.717) is 0 Å². The van der Waals surface area contributed by atoms with Crippen molar-refractivity contribution in [3.8, 4) is 0 Å². The Kier molecular flexibility index (Phi) is 3.77. The van der Waals surface area contributed by atoms with Crippen LogP contribution in [0.2, 0.25) is 0 Å². The molecular weight excluding hydrogens is 84.1 g/mol. The summed E-state index contributed by atoms with van der Waals surface area (Å²) in [5.41, 5.74) is 1.56. The Bertz CT molecular complexity index is 54.4. The summed E-state index contributed by atoms with van der Waals surface area (Å²) in [6.07, 6.45) is 4.62. The van der Waals surface area contributed by atoms with Gasteiger partial charge < -0.3 is 0 Å². The van der Waals surface area contributed by atoms with E-state index in [-0.39, 0.29) is 0 Å². The van der Waals surface area contributed by atoms with Crippen LogP contribution < -0.4 is 0 Å². The molecule has 0 bridgehead atoms. The first-order chi connectivity index (χ1) is 3.35. The predicted octanol–water partition coefficient (Wildman–Crippen LogP) is 2.75. The third-order valence-corrected chi connectivity index (χ3v) is 1.32. The number of hydrogen-bond acceptors (Lipinski definition) is 0. The van der Waals surface area contributed by atoms with Crippen LogP contribution in [0.5, 0.6) is 0 Å². The van der Waals surface area contributed by atoms with Gasteiger partial charge in [-0.05, 0) is 19.8 Å². The first-order valence-electron chi connectivity index (χ1n) is 2.99. The molecule has 0 heteroatoms. The van der Waals surface area contributed by atoms with E-state index in [4.69, 9.17) is 0 Å². The van der Waals surface area contributed by atoms with Crippen molar-refractivity contribution in [2.24, 2.45) is 0 Å². The highest BCUT2D eigenvalue weighted by molar-refractivity contribution is 4.97. The smallest absolute Gasteiger partial charge is 0.0349 e. The van der Waals surface area contributed by atoms with Crippen LogP contribution in [0.25, 0.3) is 0 Å². The van der Waals surface area contributed by atoms with E-state index >= 15 is 0 Å². The summed E-state index contributed by atoms with van der Waals surface area (Å²) in [4.78, 5) is 0. The van der Waals surface area contributed by atoms with E-state index in [2.05, 4.69) is 26.8 Å². The van der Waals surface area contributed by atoms with Crippen LogP contribution in [0.3, 0.4) is 0 Å². The van der Waals surface area contributed by atoms with Gasteiger partial charge >= 0.3 is 0 Å². The lowest BCUT2D eigenvalue weighted by Gasteiger charge is -1.93. The van der Waals surface area contributed by atoms with Crippen molar-refractivity contribution >= 4 is 0 Å². The second kappa shape index (κ2) is 3.91. The maximum absolute atomic E-state index is 2.19. The molecule has 0 unspecified atom stereocenters. The fraction of sp³-hybridized carbons (Fsp3) is 0.714. The van der Waals surface area contributed by atoms with Gasteiger partial charge in [-0.15, -0.1) is 0 Å². The minimum Gasteiger partial charge on any atom is -0.0885 e. The SMILES string of the molecule is CC=C(CC)CC. The van der Waals surface area contributed by atoms with Crippen LogP contribution in [0.1, 0.15) is 33.6 Å². The van der Waals surface area contributed by atoms with E-state index in [1.54, 1.807) is 5.57 Å². The molecule has 0 aromatic rings. The van der Waals surface area contributed by atoms with Crippen LogP contribution in [0.4, 0.5) is 0 Å². The average molecular weight is 98.2 g/mol. The fourth-order valence-electron chi connectivity index (χ4n) is 0.658. The third kappa shape index (κ3) is 2.44. The van der Waals surface area contributed by atoms with Crippen molar-refractivity contribution in [2.45, 2.75) is 33.6 Å². The highest BCUT2D eigenvalue weighted by atomic mass is 13.9. The van der Waals surface area contributed by atoms with Gasteiger partial charge in [0.05, 0.1) is 0 Å². The topological polar surface area (TPSA) is 0 Å². The van der Waals surface area contributed by atoms with Crippen molar-refractivity contribution in [3.05, 3.63) is 11.6 Å². The second-order valence-corrected chi connectivity index (χ2v) is 1.65. The molecule has 0 atom stereocenters. The van der Waals surface area contributed by atoms with Crippen LogP contribution in [-0.4, -0.2) is 0 Å². The first kappa shape index (κ1) is 6.74. The number of rotatable bonds is 2. The normalized spacial score (nSPS) is 8.43. The van der Waals surface area contributed by atoms with Gasteiger partial charge in [0.15, 0.2) is 0 Å². The van der Waals surface area contributed by atoms with E-state index in [1.807, 2.05) is 0 Å². The Morgan fingerprint density at radius 1 is 1.29 bits per heavy atom. The quantitative estimate of drug-likeness (QED) is 0.466. The van der Waals surface area contributed by atoms with Crippen molar-refractivity contribution < 1.29 is 0 Å². The molecule has 0 aliphatic rings. The molecule has 0 heterocycles. The highest BCUT2D eigenvalue weighted by Crippen LogP contribution is 2.02. The molecule has 0 radical (unpaired) electrons. The van der Waals surface area contributed by atoms with Gasteiger partial charge in [-0.2, -0.15) is 0 Å². The molecule has 0 aromatic heterocycles. The maximum atomic E-state index is 2.19. The minimum atomic E-state index is 1.22. The standard InChI is InChI=1S/C7H14/c1-4-7(5-2)6-3/h4H,5-6H2,1-3H3. The van der Waals surface area contributed by atoms with Gasteiger partial charge in [-0.25, -0.2) is 0 Å². The molecule has 0 amide bonds. The van der Waals surface area contributed by atoms with Crippen LogP contribution in [-0.2, 0) is 0 Å². The summed E-state index contributed by atoms with van der Waals surface area (Å²) in [6, 6.07) is 0. The molecular formula is C7H14. The molecule has 0 fully saturated rings. The summed E-state index contributed by atoms with van der Waals surface area (Å²) in [5, 5.41) is 0. The Morgan fingerprint density at radius 3 is 1.71 bits per heavy atom. The monoisotopic (exact) mass is 98.1 g/mol. The lowest BCUT2D eigenvalue weighted by Crippen LogP contribution is -1.72. The molecule has 0 aromatic carbocycles. The van der Waals surface area contributed by atoms with Gasteiger partial charge in [0.1, 0.15) is 0 Å². The summed E-state index contributed by atoms with van der Waals surface area (Å²) in [6.45, 7) is 6.49.